The highest BCUT2D eigenvalue weighted by molar-refractivity contribution is 7.98. The topological polar surface area (TPSA) is 46.3 Å². The molecule has 0 spiro atoms. The predicted molar refractivity (Wildman–Crippen MR) is 128 cm³/mol. The minimum Gasteiger partial charge on any atom is -0.493 e. The van der Waals surface area contributed by atoms with Crippen LogP contribution in [-0.4, -0.2) is 32.0 Å². The van der Waals surface area contributed by atoms with Gasteiger partial charge in [-0.3, -0.25) is 0 Å². The number of rotatable bonds is 5. The van der Waals surface area contributed by atoms with Gasteiger partial charge in [0.15, 0.2) is 11.5 Å². The monoisotopic (exact) mass is 430 g/mol. The average Bonchev–Trinajstić information content (AvgIpc) is 3.23. The lowest BCUT2D eigenvalue weighted by atomic mass is 9.82. The molecule has 0 amide bonds. The van der Waals surface area contributed by atoms with Crippen LogP contribution in [0.15, 0.2) is 71.6 Å². The summed E-state index contributed by atoms with van der Waals surface area (Å²) in [7, 11) is 3.40. The fourth-order valence-electron chi connectivity index (χ4n) is 4.76. The number of thioether (sulfide) groups is 1. The Bertz CT molecular complexity index is 1220. The number of fused-ring (bicyclic) bond motifs is 3. The zero-order valence-corrected chi connectivity index (χ0v) is 18.8. The van der Waals surface area contributed by atoms with E-state index in [0.717, 1.165) is 29.1 Å². The zero-order chi connectivity index (χ0) is 21.4. The number of ether oxygens (including phenoxy) is 2. The summed E-state index contributed by atoms with van der Waals surface area (Å²) in [4.78, 5) is 4.99. The van der Waals surface area contributed by atoms with E-state index in [2.05, 4.69) is 71.2 Å². The van der Waals surface area contributed by atoms with Crippen molar-refractivity contribution >= 4 is 22.7 Å². The lowest BCUT2D eigenvalue weighted by molar-refractivity contribution is 0.349. The molecule has 31 heavy (non-hydrogen) atoms. The third-order valence-corrected chi connectivity index (χ3v) is 6.94. The van der Waals surface area contributed by atoms with Crippen LogP contribution in [0, 0.1) is 0 Å². The summed E-state index contributed by atoms with van der Waals surface area (Å²) in [6, 6.07) is 23.7. The Kier molecular flexibility index (Phi) is 5.38. The van der Waals surface area contributed by atoms with Crippen molar-refractivity contribution in [3.05, 3.63) is 89.1 Å². The molecule has 5 heteroatoms. The Labute approximate surface area is 187 Å². The lowest BCUT2D eigenvalue weighted by Gasteiger charge is -2.32. The molecule has 4 nitrogen and oxygen atoms in total. The van der Waals surface area contributed by atoms with Crippen LogP contribution in [0.5, 0.6) is 11.5 Å². The highest BCUT2D eigenvalue weighted by Crippen LogP contribution is 2.45. The molecule has 0 bridgehead atoms. The van der Waals surface area contributed by atoms with Gasteiger partial charge in [0.1, 0.15) is 0 Å². The number of aromatic nitrogens is 1. The normalized spacial score (nSPS) is 18.0. The molecule has 2 atom stereocenters. The van der Waals surface area contributed by atoms with Crippen molar-refractivity contribution in [3.63, 3.8) is 0 Å². The number of hydrogen-bond donors (Lipinski definition) is 2. The van der Waals surface area contributed by atoms with E-state index in [1.54, 1.807) is 26.0 Å². The number of para-hydroxylation sites is 2. The lowest BCUT2D eigenvalue weighted by Crippen LogP contribution is -2.34. The van der Waals surface area contributed by atoms with E-state index < -0.39 is 0 Å². The van der Waals surface area contributed by atoms with Crippen molar-refractivity contribution in [1.29, 1.82) is 0 Å². The van der Waals surface area contributed by atoms with Gasteiger partial charge in [-0.1, -0.05) is 42.5 Å². The second-order valence-corrected chi connectivity index (χ2v) is 8.63. The largest absolute Gasteiger partial charge is 0.493 e. The van der Waals surface area contributed by atoms with Crippen molar-refractivity contribution < 1.29 is 9.47 Å². The number of H-pyrrole nitrogens is 1. The van der Waals surface area contributed by atoms with E-state index in [1.165, 1.54) is 27.1 Å². The molecule has 1 aliphatic rings. The maximum absolute atomic E-state index is 5.80. The molecule has 0 saturated carbocycles. The number of methoxy groups -OCH3 is 2. The molecule has 5 rings (SSSR count). The van der Waals surface area contributed by atoms with E-state index >= 15 is 0 Å². The van der Waals surface area contributed by atoms with Crippen molar-refractivity contribution in [2.75, 3.05) is 27.0 Å². The van der Waals surface area contributed by atoms with Crippen molar-refractivity contribution in [1.82, 2.24) is 10.3 Å². The Morgan fingerprint density at radius 2 is 1.71 bits per heavy atom. The molecule has 158 valence electrons. The van der Waals surface area contributed by atoms with Gasteiger partial charge < -0.3 is 19.8 Å². The molecule has 0 aliphatic carbocycles. The molecule has 2 heterocycles. The van der Waals surface area contributed by atoms with Gasteiger partial charge in [-0.05, 0) is 41.6 Å². The van der Waals surface area contributed by atoms with Gasteiger partial charge in [0, 0.05) is 39.5 Å². The second kappa shape index (κ2) is 8.33. The first-order valence-corrected chi connectivity index (χ1v) is 11.7. The summed E-state index contributed by atoms with van der Waals surface area (Å²) >= 11 is 1.76. The van der Waals surface area contributed by atoms with E-state index in [1.807, 2.05) is 12.1 Å². The summed E-state index contributed by atoms with van der Waals surface area (Å²) in [5.74, 6) is 1.71. The number of nitrogens with one attached hydrogen (secondary N) is 2. The standard InChI is InChI=1S/C26H26N2O2S/c1-29-22-10-6-8-18(26(22)30-2)20-15-27-24(16-11-13-17(31-3)14-12-16)25-23(20)19-7-4-5-9-21(19)28-25/h4-14,20,24,27-28H,15H2,1-3H3/t20-,24-/m1/s1. The van der Waals surface area contributed by atoms with Crippen LogP contribution in [0.4, 0.5) is 0 Å². The molecule has 1 aliphatic heterocycles. The molecule has 0 unspecified atom stereocenters. The van der Waals surface area contributed by atoms with Crippen LogP contribution in [0.1, 0.15) is 34.3 Å². The second-order valence-electron chi connectivity index (χ2n) is 7.75. The van der Waals surface area contributed by atoms with Crippen LogP contribution >= 0.6 is 11.8 Å². The summed E-state index contributed by atoms with van der Waals surface area (Å²) < 4.78 is 11.4. The van der Waals surface area contributed by atoms with Crippen molar-refractivity contribution in [2.45, 2.75) is 16.9 Å². The van der Waals surface area contributed by atoms with Crippen LogP contribution < -0.4 is 14.8 Å². The minimum absolute atomic E-state index is 0.117. The molecule has 0 radical (unpaired) electrons. The third kappa shape index (κ3) is 3.38. The first-order valence-electron chi connectivity index (χ1n) is 10.4. The van der Waals surface area contributed by atoms with Gasteiger partial charge in [0.2, 0.25) is 0 Å². The predicted octanol–water partition coefficient (Wildman–Crippen LogP) is 5.73. The zero-order valence-electron chi connectivity index (χ0n) is 17.9. The summed E-state index contributed by atoms with van der Waals surface area (Å²) in [6.07, 6.45) is 2.11. The Morgan fingerprint density at radius 3 is 2.45 bits per heavy atom. The van der Waals surface area contributed by atoms with Gasteiger partial charge >= 0.3 is 0 Å². The smallest absolute Gasteiger partial charge is 0.164 e. The van der Waals surface area contributed by atoms with Gasteiger partial charge in [-0.15, -0.1) is 11.8 Å². The Hall–Kier alpha value is -2.89. The fraction of sp³-hybridized carbons (Fsp3) is 0.231. The number of aromatic amines is 1. The van der Waals surface area contributed by atoms with Crippen molar-refractivity contribution in [2.24, 2.45) is 0 Å². The van der Waals surface area contributed by atoms with Crippen LogP contribution in [0.3, 0.4) is 0 Å². The van der Waals surface area contributed by atoms with E-state index in [-0.39, 0.29) is 12.0 Å². The van der Waals surface area contributed by atoms with Gasteiger partial charge in [-0.25, -0.2) is 0 Å². The minimum atomic E-state index is 0.117. The van der Waals surface area contributed by atoms with Crippen molar-refractivity contribution in [3.8, 4) is 11.5 Å². The van der Waals surface area contributed by atoms with E-state index in [4.69, 9.17) is 9.47 Å². The maximum atomic E-state index is 5.80. The Balaban J connectivity index is 1.68. The van der Waals surface area contributed by atoms with E-state index in [9.17, 15) is 0 Å². The molecule has 1 aromatic heterocycles. The molecule has 3 aromatic carbocycles. The molecule has 0 saturated heterocycles. The molecular weight excluding hydrogens is 404 g/mol. The van der Waals surface area contributed by atoms with Crippen LogP contribution in [0.2, 0.25) is 0 Å². The van der Waals surface area contributed by atoms with Crippen LogP contribution in [-0.2, 0) is 0 Å². The first-order chi connectivity index (χ1) is 15.2. The summed E-state index contributed by atoms with van der Waals surface area (Å²) in [6.45, 7) is 0.813. The van der Waals surface area contributed by atoms with Crippen LogP contribution in [0.25, 0.3) is 10.9 Å². The fourth-order valence-corrected chi connectivity index (χ4v) is 5.17. The summed E-state index contributed by atoms with van der Waals surface area (Å²) in [5.41, 5.74) is 6.12. The maximum Gasteiger partial charge on any atom is 0.164 e. The summed E-state index contributed by atoms with van der Waals surface area (Å²) in [5, 5.41) is 5.06. The SMILES string of the molecule is COc1cccc([C@H]2CN[C@H](c3ccc(SC)cc3)c3[nH]c4ccccc4c32)c1OC. The Morgan fingerprint density at radius 1 is 0.903 bits per heavy atom. The number of hydrogen-bond acceptors (Lipinski definition) is 4. The quantitative estimate of drug-likeness (QED) is 0.397. The highest BCUT2D eigenvalue weighted by atomic mass is 32.2. The third-order valence-electron chi connectivity index (χ3n) is 6.20. The van der Waals surface area contributed by atoms with E-state index in [0.29, 0.717) is 0 Å². The van der Waals surface area contributed by atoms with Gasteiger partial charge in [-0.2, -0.15) is 0 Å². The first kappa shape index (κ1) is 20.0. The molecular formula is C26H26N2O2S. The highest BCUT2D eigenvalue weighted by Gasteiger charge is 2.34. The number of benzene rings is 3. The average molecular weight is 431 g/mol. The van der Waals surface area contributed by atoms with Gasteiger partial charge in [0.05, 0.1) is 20.3 Å². The molecule has 4 aromatic rings. The molecule has 2 N–H and O–H groups in total. The van der Waals surface area contributed by atoms with Gasteiger partial charge in [0.25, 0.3) is 0 Å². The molecule has 0 fully saturated rings.